The molecule has 198 valence electrons. The van der Waals surface area contributed by atoms with Gasteiger partial charge in [0.25, 0.3) is 0 Å². The van der Waals surface area contributed by atoms with Crippen LogP contribution in [0.5, 0.6) is 0 Å². The molecule has 12 heteroatoms. The number of aliphatic carboxylic acids is 1. The zero-order valence-corrected chi connectivity index (χ0v) is 20.9. The van der Waals surface area contributed by atoms with Crippen LogP contribution in [0.15, 0.2) is 60.7 Å². The van der Waals surface area contributed by atoms with Crippen molar-refractivity contribution in [2.24, 2.45) is 11.5 Å². The van der Waals surface area contributed by atoms with Crippen molar-refractivity contribution < 1.29 is 29.1 Å². The maximum absolute atomic E-state index is 12.8. The smallest absolute Gasteiger partial charge is 0.326 e. The lowest BCUT2D eigenvalue weighted by Gasteiger charge is -2.24. The lowest BCUT2D eigenvalue weighted by Crippen LogP contribution is -2.58. The number of carbonyl (C=O) groups is 5. The normalized spacial score (nSPS) is 13.9. The molecule has 11 nitrogen and oxygen atoms in total. The summed E-state index contributed by atoms with van der Waals surface area (Å²) >= 11 is 4.09. The minimum absolute atomic E-state index is 0.0201. The average Bonchev–Trinajstić information content (AvgIpc) is 2.87. The van der Waals surface area contributed by atoms with Crippen molar-refractivity contribution >= 4 is 42.2 Å². The van der Waals surface area contributed by atoms with Crippen molar-refractivity contribution in [2.45, 2.75) is 43.4 Å². The number of hydrogen-bond donors (Lipinski definition) is 7. The first-order chi connectivity index (χ1) is 17.6. The Hall–Kier alpha value is -3.90. The highest BCUT2D eigenvalue weighted by Crippen LogP contribution is 2.06. The molecule has 8 N–H and O–H groups in total. The van der Waals surface area contributed by atoms with Gasteiger partial charge in [0.2, 0.25) is 23.6 Å². The molecule has 0 saturated heterocycles. The van der Waals surface area contributed by atoms with E-state index >= 15 is 0 Å². The van der Waals surface area contributed by atoms with Gasteiger partial charge in [-0.2, -0.15) is 12.6 Å². The summed E-state index contributed by atoms with van der Waals surface area (Å²) in [4.78, 5) is 61.5. The van der Waals surface area contributed by atoms with Crippen LogP contribution in [0, 0.1) is 0 Å². The maximum Gasteiger partial charge on any atom is 0.326 e. The predicted octanol–water partition coefficient (Wildman–Crippen LogP) is -0.857. The second-order valence-corrected chi connectivity index (χ2v) is 8.73. The Kier molecular flexibility index (Phi) is 11.6. The molecule has 0 bridgehead atoms. The topological polar surface area (TPSA) is 194 Å². The highest BCUT2D eigenvalue weighted by atomic mass is 32.1. The summed E-state index contributed by atoms with van der Waals surface area (Å²) in [7, 11) is 0. The van der Waals surface area contributed by atoms with Gasteiger partial charge in [-0.25, -0.2) is 4.79 Å². The Morgan fingerprint density at radius 2 is 1.19 bits per heavy atom. The standard InChI is InChI=1S/C25H31N5O6S/c26-17(11-15-7-3-1-4-8-15)22(32)30-20(14-37)24(34)28-18(13-21(27)31)23(33)29-19(25(35)36)12-16-9-5-2-6-10-16/h1-10,17-20,37H,11-14,26H2,(H2,27,31)(H,28,34)(H,29,33)(H,30,32)(H,35,36). The van der Waals surface area contributed by atoms with Crippen molar-refractivity contribution in [1.82, 2.24) is 16.0 Å². The van der Waals surface area contributed by atoms with E-state index in [4.69, 9.17) is 11.5 Å². The number of carboxylic acids is 1. The van der Waals surface area contributed by atoms with Crippen molar-refractivity contribution in [1.29, 1.82) is 0 Å². The number of rotatable bonds is 14. The monoisotopic (exact) mass is 529 g/mol. The van der Waals surface area contributed by atoms with Crippen molar-refractivity contribution in [3.05, 3.63) is 71.8 Å². The Balaban J connectivity index is 2.04. The van der Waals surface area contributed by atoms with E-state index < -0.39 is 60.2 Å². The Morgan fingerprint density at radius 1 is 0.730 bits per heavy atom. The van der Waals surface area contributed by atoms with Gasteiger partial charge >= 0.3 is 5.97 Å². The van der Waals surface area contributed by atoms with E-state index in [9.17, 15) is 29.1 Å². The summed E-state index contributed by atoms with van der Waals surface area (Å²) in [5.41, 5.74) is 12.7. The molecular weight excluding hydrogens is 498 g/mol. The molecule has 0 spiro atoms. The molecule has 0 fully saturated rings. The van der Waals surface area contributed by atoms with Gasteiger partial charge in [-0.1, -0.05) is 60.7 Å². The van der Waals surface area contributed by atoms with Crippen LogP contribution in [0.3, 0.4) is 0 Å². The summed E-state index contributed by atoms with van der Waals surface area (Å²) in [5.74, 6) is -4.66. The first kappa shape index (κ1) is 29.3. The highest BCUT2D eigenvalue weighted by molar-refractivity contribution is 7.80. The van der Waals surface area contributed by atoms with E-state index in [1.807, 2.05) is 30.3 Å². The maximum atomic E-state index is 12.8. The number of thiol groups is 1. The minimum atomic E-state index is -1.47. The summed E-state index contributed by atoms with van der Waals surface area (Å²) in [6.45, 7) is 0. The average molecular weight is 530 g/mol. The molecule has 0 aliphatic rings. The number of carbonyl (C=O) groups excluding carboxylic acids is 4. The van der Waals surface area contributed by atoms with Crippen LogP contribution < -0.4 is 27.4 Å². The largest absolute Gasteiger partial charge is 0.480 e. The van der Waals surface area contributed by atoms with Crippen molar-refractivity contribution in [3.8, 4) is 0 Å². The Labute approximate surface area is 219 Å². The summed E-state index contributed by atoms with van der Waals surface area (Å²) in [6.07, 6.45) is -0.373. The van der Waals surface area contributed by atoms with E-state index in [2.05, 4.69) is 28.6 Å². The second kappa shape index (κ2) is 14.6. The summed E-state index contributed by atoms with van der Waals surface area (Å²) in [6, 6.07) is 12.8. The SMILES string of the molecule is NC(=O)CC(NC(=O)C(CS)NC(=O)C(N)Cc1ccccc1)C(=O)NC(Cc1ccccc1)C(=O)O. The van der Waals surface area contributed by atoms with Crippen LogP contribution >= 0.6 is 12.6 Å². The molecule has 4 amide bonds. The van der Waals surface area contributed by atoms with E-state index in [0.717, 1.165) is 5.56 Å². The lowest BCUT2D eigenvalue weighted by atomic mass is 10.0. The highest BCUT2D eigenvalue weighted by Gasteiger charge is 2.31. The lowest BCUT2D eigenvalue weighted by molar-refractivity contribution is -0.142. The summed E-state index contributed by atoms with van der Waals surface area (Å²) in [5, 5.41) is 16.7. The molecule has 0 heterocycles. The predicted molar refractivity (Wildman–Crippen MR) is 139 cm³/mol. The fraction of sp³-hybridized carbons (Fsp3) is 0.320. The number of nitrogens with two attached hydrogens (primary N) is 2. The van der Waals surface area contributed by atoms with E-state index in [1.54, 1.807) is 30.3 Å². The molecule has 2 aromatic rings. The third kappa shape index (κ3) is 9.94. The summed E-state index contributed by atoms with van der Waals surface area (Å²) < 4.78 is 0. The van der Waals surface area contributed by atoms with Crippen molar-refractivity contribution in [3.63, 3.8) is 0 Å². The first-order valence-electron chi connectivity index (χ1n) is 11.5. The van der Waals surface area contributed by atoms with E-state index in [1.165, 1.54) is 0 Å². The number of carboxylic acid groups (broad SMARTS) is 1. The first-order valence-corrected chi connectivity index (χ1v) is 12.1. The van der Waals surface area contributed by atoms with Crippen LogP contribution in [0.25, 0.3) is 0 Å². The molecule has 0 saturated carbocycles. The molecule has 0 radical (unpaired) electrons. The third-order valence-corrected chi connectivity index (χ3v) is 5.75. The number of hydrogen-bond acceptors (Lipinski definition) is 7. The van der Waals surface area contributed by atoms with Gasteiger partial charge in [-0.3, -0.25) is 19.2 Å². The molecule has 0 aliphatic heterocycles. The number of nitrogens with one attached hydrogen (secondary N) is 3. The van der Waals surface area contributed by atoms with Gasteiger partial charge in [0, 0.05) is 12.2 Å². The Bertz CT molecular complexity index is 1090. The molecule has 37 heavy (non-hydrogen) atoms. The molecule has 2 rings (SSSR count). The zero-order chi connectivity index (χ0) is 27.4. The molecule has 4 atom stereocenters. The molecule has 0 aromatic heterocycles. The number of amides is 4. The third-order valence-electron chi connectivity index (χ3n) is 5.39. The quantitative estimate of drug-likeness (QED) is 0.155. The van der Waals surface area contributed by atoms with Gasteiger partial charge in [0.15, 0.2) is 0 Å². The van der Waals surface area contributed by atoms with Crippen LogP contribution in [-0.4, -0.2) is 64.6 Å². The van der Waals surface area contributed by atoms with E-state index in [-0.39, 0.29) is 18.6 Å². The van der Waals surface area contributed by atoms with Crippen LogP contribution in [0.4, 0.5) is 0 Å². The van der Waals surface area contributed by atoms with Crippen LogP contribution in [0.2, 0.25) is 0 Å². The van der Waals surface area contributed by atoms with Gasteiger partial charge in [0.05, 0.1) is 12.5 Å². The molecule has 2 aromatic carbocycles. The minimum Gasteiger partial charge on any atom is -0.480 e. The van der Waals surface area contributed by atoms with Gasteiger partial charge in [0.1, 0.15) is 18.1 Å². The van der Waals surface area contributed by atoms with Crippen LogP contribution in [-0.2, 0) is 36.8 Å². The number of benzene rings is 2. The fourth-order valence-electron chi connectivity index (χ4n) is 3.44. The zero-order valence-electron chi connectivity index (χ0n) is 20.0. The fourth-order valence-corrected chi connectivity index (χ4v) is 3.70. The van der Waals surface area contributed by atoms with Gasteiger partial charge < -0.3 is 32.5 Å². The molecule has 4 unspecified atom stereocenters. The Morgan fingerprint density at radius 3 is 1.68 bits per heavy atom. The van der Waals surface area contributed by atoms with Crippen LogP contribution in [0.1, 0.15) is 17.5 Å². The molecule has 0 aliphatic carbocycles. The van der Waals surface area contributed by atoms with Gasteiger partial charge in [-0.15, -0.1) is 0 Å². The van der Waals surface area contributed by atoms with Gasteiger partial charge in [-0.05, 0) is 17.5 Å². The number of primary amides is 1. The van der Waals surface area contributed by atoms with E-state index in [0.29, 0.717) is 5.56 Å². The molecular formula is C25H31N5O6S. The van der Waals surface area contributed by atoms with Crippen molar-refractivity contribution in [2.75, 3.05) is 5.75 Å². The second-order valence-electron chi connectivity index (χ2n) is 8.36.